The normalized spacial score (nSPS) is 40.7. The molecule has 0 spiro atoms. The van der Waals surface area contributed by atoms with Crippen LogP contribution in [0.25, 0.3) is 0 Å². The molecule has 2 fully saturated rings. The van der Waals surface area contributed by atoms with Crippen LogP contribution < -0.4 is 5.73 Å². The molecule has 0 aliphatic heterocycles. The summed E-state index contributed by atoms with van der Waals surface area (Å²) in [5.74, 6) is -4.44. The summed E-state index contributed by atoms with van der Waals surface area (Å²) in [6.45, 7) is 9.61. The van der Waals surface area contributed by atoms with E-state index < -0.39 is 70.2 Å². The number of aliphatic hydroxyl groups is 1. The fourth-order valence-electron chi connectivity index (χ4n) is 7.37. The second kappa shape index (κ2) is 8.27. The largest absolute Gasteiger partial charge is 0.461 e. The van der Waals surface area contributed by atoms with E-state index in [1.165, 1.54) is 13.8 Å². The van der Waals surface area contributed by atoms with E-state index in [0.29, 0.717) is 12.0 Å². The number of carbonyl (C=O) groups excluding carboxylic acids is 4. The highest BCUT2D eigenvalue weighted by Crippen LogP contribution is 2.76. The molecule has 0 bridgehead atoms. The van der Waals surface area contributed by atoms with Gasteiger partial charge in [-0.2, -0.15) is 0 Å². The minimum absolute atomic E-state index is 0.00510. The molecule has 0 aromatic rings. The average Bonchev–Trinajstić information content (AvgIpc) is 3.16. The van der Waals surface area contributed by atoms with Crippen molar-refractivity contribution in [3.8, 4) is 0 Å². The molecule has 3 N–H and O–H groups in total. The van der Waals surface area contributed by atoms with Crippen LogP contribution in [-0.4, -0.2) is 59.3 Å². The van der Waals surface area contributed by atoms with Crippen molar-refractivity contribution in [1.82, 2.24) is 0 Å². The molecule has 9 heteroatoms. The van der Waals surface area contributed by atoms with Crippen LogP contribution in [0.3, 0.4) is 0 Å². The summed E-state index contributed by atoms with van der Waals surface area (Å²) in [5, 5.41) is 12.6. The third-order valence-electron chi connectivity index (χ3n) is 8.88. The first-order valence-electron chi connectivity index (χ1n) is 12.1. The molecule has 0 radical (unpaired) electrons. The molecular formula is C26H35NO8. The Morgan fingerprint density at radius 2 is 1.80 bits per heavy atom. The lowest BCUT2D eigenvalue weighted by Gasteiger charge is -2.52. The molecule has 0 amide bonds. The first-order valence-corrected chi connectivity index (χ1v) is 12.1. The van der Waals surface area contributed by atoms with Crippen molar-refractivity contribution in [3.05, 3.63) is 23.3 Å². The molecule has 192 valence electrons. The summed E-state index contributed by atoms with van der Waals surface area (Å²) in [6, 6.07) is 0. The minimum Gasteiger partial charge on any atom is -0.461 e. The van der Waals surface area contributed by atoms with Gasteiger partial charge in [-0.3, -0.25) is 19.2 Å². The van der Waals surface area contributed by atoms with Crippen molar-refractivity contribution in [2.45, 2.75) is 65.3 Å². The number of rotatable bonds is 5. The topological polar surface area (TPSA) is 142 Å². The Hall–Kier alpha value is -2.52. The smallest absolute Gasteiger partial charge is 0.320 e. The maximum Gasteiger partial charge on any atom is 0.320 e. The third kappa shape index (κ3) is 3.49. The number of carbonyl (C=O) groups is 4. The lowest BCUT2D eigenvalue weighted by atomic mass is 9.60. The molecule has 0 heterocycles. The lowest BCUT2D eigenvalue weighted by molar-refractivity contribution is -0.219. The Morgan fingerprint density at radius 1 is 1.14 bits per heavy atom. The number of Topliss-reactive ketones (excluding diaryl/α,β-unsaturated/α-hetero) is 1. The van der Waals surface area contributed by atoms with Gasteiger partial charge in [0.25, 0.3) is 0 Å². The Bertz CT molecular complexity index is 1040. The molecule has 0 aromatic heterocycles. The third-order valence-corrected chi connectivity index (χ3v) is 8.88. The van der Waals surface area contributed by atoms with E-state index in [0.717, 1.165) is 5.57 Å². The molecular weight excluding hydrogens is 454 g/mol. The van der Waals surface area contributed by atoms with Gasteiger partial charge in [-0.05, 0) is 24.5 Å². The maximum absolute atomic E-state index is 13.1. The summed E-state index contributed by atoms with van der Waals surface area (Å²) in [4.78, 5) is 49.4. The van der Waals surface area contributed by atoms with E-state index in [1.807, 2.05) is 26.0 Å². The summed E-state index contributed by atoms with van der Waals surface area (Å²) in [5.41, 5.74) is 3.52. The quantitative estimate of drug-likeness (QED) is 0.333. The molecule has 0 aromatic carbocycles. The predicted octanol–water partition coefficient (Wildman–Crippen LogP) is 1.47. The van der Waals surface area contributed by atoms with Crippen LogP contribution >= 0.6 is 0 Å². The Kier molecular flexibility index (Phi) is 6.04. The van der Waals surface area contributed by atoms with Gasteiger partial charge in [-0.15, -0.1) is 0 Å². The predicted molar refractivity (Wildman–Crippen MR) is 123 cm³/mol. The van der Waals surface area contributed by atoms with E-state index in [2.05, 4.69) is 0 Å². The van der Waals surface area contributed by atoms with Crippen LogP contribution in [0.15, 0.2) is 23.3 Å². The molecule has 4 aliphatic carbocycles. The van der Waals surface area contributed by atoms with Crippen LogP contribution in [-0.2, 0) is 33.4 Å². The second-order valence-corrected chi connectivity index (χ2v) is 11.1. The fraction of sp³-hybridized carbons (Fsp3) is 0.692. The van der Waals surface area contributed by atoms with Crippen LogP contribution in [0.1, 0.15) is 48.0 Å². The SMILES string of the molecule is CC(=O)OCC1=C[C@H]2[C@@H]3C(C)(C)[C@]3(OC(C)=O)[C@H](OC(=O)CN)[C@@H](C)[C@]2(O)[C@@H]2C=C(C)C(=O)[C@@H]2C1. The Balaban J connectivity index is 1.91. The highest BCUT2D eigenvalue weighted by molar-refractivity contribution is 6.00. The molecule has 35 heavy (non-hydrogen) atoms. The van der Waals surface area contributed by atoms with Crippen molar-refractivity contribution in [1.29, 1.82) is 0 Å². The van der Waals surface area contributed by atoms with Gasteiger partial charge in [0, 0.05) is 48.9 Å². The first kappa shape index (κ1) is 25.6. The lowest BCUT2D eigenvalue weighted by Crippen LogP contribution is -2.63. The average molecular weight is 490 g/mol. The molecule has 2 saturated carbocycles. The van der Waals surface area contributed by atoms with Crippen molar-refractivity contribution in [3.63, 3.8) is 0 Å². The summed E-state index contributed by atoms with van der Waals surface area (Å²) < 4.78 is 17.0. The van der Waals surface area contributed by atoms with Crippen LogP contribution in [0, 0.1) is 35.0 Å². The van der Waals surface area contributed by atoms with E-state index >= 15 is 0 Å². The van der Waals surface area contributed by atoms with E-state index in [-0.39, 0.29) is 18.9 Å². The number of nitrogens with two attached hydrogens (primary N) is 1. The highest BCUT2D eigenvalue weighted by atomic mass is 16.6. The van der Waals surface area contributed by atoms with Gasteiger partial charge in [0.15, 0.2) is 11.4 Å². The fourth-order valence-corrected chi connectivity index (χ4v) is 7.37. The highest BCUT2D eigenvalue weighted by Gasteiger charge is 2.87. The van der Waals surface area contributed by atoms with Crippen molar-refractivity contribution in [2.75, 3.05) is 13.2 Å². The standard InChI is InChI=1S/C26H35NO8/c1-12-7-18-17(21(12)31)8-16(11-33-14(3)28)9-19-22-24(5,6)26(22,35-15(4)29)23(34-20(30)10-27)13(2)25(18,19)32/h7,9,13,17-19,22-23,32H,8,10-11,27H2,1-6H3/t13-,17-,18-,19+,22-,23-,25+,26-/m1/s1. The van der Waals surface area contributed by atoms with Crippen molar-refractivity contribution < 1.29 is 38.5 Å². The van der Waals surface area contributed by atoms with Gasteiger partial charge in [-0.25, -0.2) is 0 Å². The van der Waals surface area contributed by atoms with Gasteiger partial charge < -0.3 is 25.1 Å². The minimum atomic E-state index is -1.49. The zero-order chi connectivity index (χ0) is 26.1. The molecule has 0 unspecified atom stereocenters. The molecule has 4 rings (SSSR count). The number of ketones is 1. The number of allylic oxidation sites excluding steroid dienone is 1. The Labute approximate surface area is 205 Å². The van der Waals surface area contributed by atoms with Crippen LogP contribution in [0.4, 0.5) is 0 Å². The number of ether oxygens (including phenoxy) is 3. The summed E-state index contributed by atoms with van der Waals surface area (Å²) in [7, 11) is 0. The van der Waals surface area contributed by atoms with E-state index in [4.69, 9.17) is 19.9 Å². The summed E-state index contributed by atoms with van der Waals surface area (Å²) in [6.07, 6.45) is 3.08. The zero-order valence-corrected chi connectivity index (χ0v) is 21.1. The molecule has 8 atom stereocenters. The van der Waals surface area contributed by atoms with Crippen molar-refractivity contribution >= 4 is 23.7 Å². The van der Waals surface area contributed by atoms with E-state index in [9.17, 15) is 24.3 Å². The zero-order valence-electron chi connectivity index (χ0n) is 21.1. The van der Waals surface area contributed by atoms with Crippen LogP contribution in [0.5, 0.6) is 0 Å². The van der Waals surface area contributed by atoms with Gasteiger partial charge in [0.1, 0.15) is 12.7 Å². The molecule has 9 nitrogen and oxygen atoms in total. The Morgan fingerprint density at radius 3 is 2.37 bits per heavy atom. The van der Waals surface area contributed by atoms with Gasteiger partial charge in [0.2, 0.25) is 0 Å². The van der Waals surface area contributed by atoms with Gasteiger partial charge >= 0.3 is 17.9 Å². The number of hydrogen-bond acceptors (Lipinski definition) is 9. The second-order valence-electron chi connectivity index (χ2n) is 11.1. The number of hydrogen-bond donors (Lipinski definition) is 2. The molecule has 4 aliphatic rings. The number of fused-ring (bicyclic) bond motifs is 5. The molecule has 0 saturated heterocycles. The van der Waals surface area contributed by atoms with Crippen molar-refractivity contribution in [2.24, 2.45) is 40.7 Å². The van der Waals surface area contributed by atoms with Gasteiger partial charge in [0.05, 0.1) is 12.1 Å². The van der Waals surface area contributed by atoms with E-state index in [1.54, 1.807) is 13.8 Å². The van der Waals surface area contributed by atoms with Crippen LogP contribution in [0.2, 0.25) is 0 Å². The maximum atomic E-state index is 13.1. The summed E-state index contributed by atoms with van der Waals surface area (Å²) >= 11 is 0. The first-order chi connectivity index (χ1) is 16.2. The van der Waals surface area contributed by atoms with Gasteiger partial charge in [-0.1, -0.05) is 32.9 Å². The monoisotopic (exact) mass is 489 g/mol. The number of esters is 3.